The maximum atomic E-state index is 12.5. The zero-order chi connectivity index (χ0) is 18.4. The molecule has 1 heterocycles. The van der Waals surface area contributed by atoms with Crippen LogP contribution in [0.25, 0.3) is 0 Å². The summed E-state index contributed by atoms with van der Waals surface area (Å²) in [5.74, 6) is -0.0723. The Morgan fingerprint density at radius 2 is 1.81 bits per heavy atom. The van der Waals surface area contributed by atoms with Crippen LogP contribution in [0.2, 0.25) is 5.02 Å². The number of carbonyl (C=O) groups is 2. The van der Waals surface area contributed by atoms with Crippen molar-refractivity contribution in [2.45, 2.75) is 12.3 Å². The Hall–Kier alpha value is -2.53. The van der Waals surface area contributed by atoms with Crippen LogP contribution in [0.3, 0.4) is 0 Å². The first-order valence-corrected chi connectivity index (χ1v) is 9.11. The van der Waals surface area contributed by atoms with Gasteiger partial charge in [-0.25, -0.2) is 4.79 Å². The van der Waals surface area contributed by atoms with Gasteiger partial charge < -0.3 is 15.5 Å². The van der Waals surface area contributed by atoms with Crippen molar-refractivity contribution in [1.29, 1.82) is 0 Å². The van der Waals surface area contributed by atoms with E-state index in [4.69, 9.17) is 11.6 Å². The minimum Gasteiger partial charge on any atom is -0.354 e. The standard InChI is InChI=1S/C20H22ClN3O2/c21-17-8-6-16(7-9-17)18(15-4-2-1-3-5-15)14-19(25)22-10-12-24-13-11-23-20(24)26/h1-9,18H,10-14H2,(H,22,25)(H,23,26). The third-order valence-corrected chi connectivity index (χ3v) is 4.76. The Balaban J connectivity index is 1.62. The van der Waals surface area contributed by atoms with E-state index in [2.05, 4.69) is 10.6 Å². The maximum Gasteiger partial charge on any atom is 0.317 e. The molecule has 136 valence electrons. The number of amides is 3. The molecule has 0 saturated carbocycles. The highest BCUT2D eigenvalue weighted by Crippen LogP contribution is 2.28. The van der Waals surface area contributed by atoms with Crippen molar-refractivity contribution >= 4 is 23.5 Å². The van der Waals surface area contributed by atoms with E-state index in [0.29, 0.717) is 37.6 Å². The molecule has 0 radical (unpaired) electrons. The third kappa shape index (κ3) is 4.76. The summed E-state index contributed by atoms with van der Waals surface area (Å²) < 4.78 is 0. The lowest BCUT2D eigenvalue weighted by molar-refractivity contribution is -0.121. The number of nitrogens with zero attached hydrogens (tertiary/aromatic N) is 1. The molecule has 6 heteroatoms. The molecule has 0 bridgehead atoms. The summed E-state index contributed by atoms with van der Waals surface area (Å²) in [5.41, 5.74) is 2.14. The second kappa shape index (κ2) is 8.72. The average Bonchev–Trinajstić information content (AvgIpc) is 3.06. The van der Waals surface area contributed by atoms with Crippen molar-refractivity contribution in [1.82, 2.24) is 15.5 Å². The topological polar surface area (TPSA) is 61.4 Å². The Labute approximate surface area is 158 Å². The van der Waals surface area contributed by atoms with Crippen molar-refractivity contribution in [3.8, 4) is 0 Å². The summed E-state index contributed by atoms with van der Waals surface area (Å²) in [6.07, 6.45) is 0.345. The molecule has 0 spiro atoms. The van der Waals surface area contributed by atoms with Gasteiger partial charge in [0.1, 0.15) is 0 Å². The molecule has 2 aromatic carbocycles. The fourth-order valence-electron chi connectivity index (χ4n) is 3.12. The van der Waals surface area contributed by atoms with Crippen LogP contribution in [0, 0.1) is 0 Å². The fraction of sp³-hybridized carbons (Fsp3) is 0.300. The van der Waals surface area contributed by atoms with Crippen molar-refractivity contribution < 1.29 is 9.59 Å². The van der Waals surface area contributed by atoms with Crippen molar-refractivity contribution in [3.63, 3.8) is 0 Å². The smallest absolute Gasteiger partial charge is 0.317 e. The summed E-state index contributed by atoms with van der Waals surface area (Å²) in [6.45, 7) is 2.33. The molecule has 2 aromatic rings. The van der Waals surface area contributed by atoms with E-state index in [1.807, 2.05) is 54.6 Å². The minimum atomic E-state index is -0.0671. The van der Waals surface area contributed by atoms with E-state index >= 15 is 0 Å². The highest BCUT2D eigenvalue weighted by atomic mass is 35.5. The molecule has 5 nitrogen and oxygen atoms in total. The fourth-order valence-corrected chi connectivity index (χ4v) is 3.25. The summed E-state index contributed by atoms with van der Waals surface area (Å²) in [4.78, 5) is 25.7. The van der Waals surface area contributed by atoms with Gasteiger partial charge in [0.15, 0.2) is 0 Å². The number of rotatable bonds is 7. The number of nitrogens with one attached hydrogen (secondary N) is 2. The Kier molecular flexibility index (Phi) is 6.12. The summed E-state index contributed by atoms with van der Waals surface area (Å²) in [6, 6.07) is 17.5. The summed E-state index contributed by atoms with van der Waals surface area (Å²) in [5, 5.41) is 6.35. The molecule has 0 aliphatic carbocycles. The van der Waals surface area contributed by atoms with E-state index in [9.17, 15) is 9.59 Å². The first-order valence-electron chi connectivity index (χ1n) is 8.73. The zero-order valence-corrected chi connectivity index (χ0v) is 15.2. The number of hydrogen-bond donors (Lipinski definition) is 2. The van der Waals surface area contributed by atoms with E-state index in [-0.39, 0.29) is 17.9 Å². The largest absolute Gasteiger partial charge is 0.354 e. The van der Waals surface area contributed by atoms with E-state index in [1.54, 1.807) is 4.90 Å². The van der Waals surface area contributed by atoms with Crippen LogP contribution in [-0.2, 0) is 4.79 Å². The molecule has 1 fully saturated rings. The lowest BCUT2D eigenvalue weighted by Crippen LogP contribution is -2.37. The number of urea groups is 1. The average molecular weight is 372 g/mol. The van der Waals surface area contributed by atoms with Gasteiger partial charge >= 0.3 is 6.03 Å². The van der Waals surface area contributed by atoms with Gasteiger partial charge in [-0.2, -0.15) is 0 Å². The van der Waals surface area contributed by atoms with Gasteiger partial charge in [-0.1, -0.05) is 54.1 Å². The molecule has 0 aromatic heterocycles. The van der Waals surface area contributed by atoms with Gasteiger partial charge in [0.2, 0.25) is 5.91 Å². The second-order valence-electron chi connectivity index (χ2n) is 6.29. The maximum absolute atomic E-state index is 12.5. The number of benzene rings is 2. The monoisotopic (exact) mass is 371 g/mol. The Morgan fingerprint density at radius 1 is 1.12 bits per heavy atom. The predicted molar refractivity (Wildman–Crippen MR) is 102 cm³/mol. The predicted octanol–water partition coefficient (Wildman–Crippen LogP) is 3.00. The lowest BCUT2D eigenvalue weighted by Gasteiger charge is -2.19. The van der Waals surface area contributed by atoms with Gasteiger partial charge in [-0.15, -0.1) is 0 Å². The molecule has 1 atom stereocenters. The van der Waals surface area contributed by atoms with Gasteiger partial charge in [-0.05, 0) is 23.3 Å². The van der Waals surface area contributed by atoms with Gasteiger partial charge in [0.25, 0.3) is 0 Å². The first kappa shape index (κ1) is 18.3. The molecule has 3 amide bonds. The number of carbonyl (C=O) groups excluding carboxylic acids is 2. The van der Waals surface area contributed by atoms with Gasteiger partial charge in [0.05, 0.1) is 0 Å². The van der Waals surface area contributed by atoms with Crippen molar-refractivity contribution in [2.75, 3.05) is 26.2 Å². The molecular formula is C20H22ClN3O2. The normalized spacial score (nSPS) is 14.8. The lowest BCUT2D eigenvalue weighted by atomic mass is 9.88. The number of hydrogen-bond acceptors (Lipinski definition) is 2. The van der Waals surface area contributed by atoms with Crippen LogP contribution < -0.4 is 10.6 Å². The van der Waals surface area contributed by atoms with Crippen LogP contribution in [0.15, 0.2) is 54.6 Å². The van der Waals surface area contributed by atoms with Crippen LogP contribution in [0.1, 0.15) is 23.5 Å². The summed E-state index contributed by atoms with van der Waals surface area (Å²) in [7, 11) is 0. The number of halogens is 1. The van der Waals surface area contributed by atoms with Crippen LogP contribution in [-0.4, -0.2) is 43.0 Å². The van der Waals surface area contributed by atoms with Crippen LogP contribution >= 0.6 is 11.6 Å². The van der Waals surface area contributed by atoms with Crippen molar-refractivity contribution in [3.05, 3.63) is 70.7 Å². The van der Waals surface area contributed by atoms with Crippen LogP contribution in [0.5, 0.6) is 0 Å². The van der Waals surface area contributed by atoms with E-state index in [1.165, 1.54) is 0 Å². The Morgan fingerprint density at radius 3 is 2.46 bits per heavy atom. The van der Waals surface area contributed by atoms with Gasteiger partial charge in [0, 0.05) is 43.5 Å². The molecule has 1 unspecified atom stereocenters. The third-order valence-electron chi connectivity index (χ3n) is 4.51. The molecule has 1 aliphatic heterocycles. The molecule has 2 N–H and O–H groups in total. The molecule has 1 aliphatic rings. The van der Waals surface area contributed by atoms with Crippen molar-refractivity contribution in [2.24, 2.45) is 0 Å². The first-order chi connectivity index (χ1) is 12.6. The van der Waals surface area contributed by atoms with E-state index in [0.717, 1.165) is 11.1 Å². The highest BCUT2D eigenvalue weighted by Gasteiger charge is 2.20. The molecular weight excluding hydrogens is 350 g/mol. The summed E-state index contributed by atoms with van der Waals surface area (Å²) >= 11 is 5.99. The molecule has 26 heavy (non-hydrogen) atoms. The second-order valence-corrected chi connectivity index (χ2v) is 6.72. The minimum absolute atomic E-state index is 0.0339. The van der Waals surface area contributed by atoms with Crippen LogP contribution in [0.4, 0.5) is 4.79 Å². The molecule has 3 rings (SSSR count). The highest BCUT2D eigenvalue weighted by molar-refractivity contribution is 6.30. The quantitative estimate of drug-likeness (QED) is 0.786. The Bertz CT molecular complexity index is 749. The van der Waals surface area contributed by atoms with Gasteiger partial charge in [-0.3, -0.25) is 4.79 Å². The molecule has 1 saturated heterocycles. The van der Waals surface area contributed by atoms with E-state index < -0.39 is 0 Å². The SMILES string of the molecule is O=C(CC(c1ccccc1)c1ccc(Cl)cc1)NCCN1CCNC1=O. The zero-order valence-electron chi connectivity index (χ0n) is 14.5.